The van der Waals surface area contributed by atoms with Crippen LogP contribution < -0.4 is 4.90 Å². The lowest BCUT2D eigenvalue weighted by Crippen LogP contribution is -2.27. The fourth-order valence-corrected chi connectivity index (χ4v) is 3.37. The summed E-state index contributed by atoms with van der Waals surface area (Å²) in [6.45, 7) is 1.62. The van der Waals surface area contributed by atoms with Crippen molar-refractivity contribution in [1.29, 1.82) is 0 Å². The molecule has 1 aromatic carbocycles. The van der Waals surface area contributed by atoms with Gasteiger partial charge < -0.3 is 4.90 Å². The molecule has 1 aromatic rings. The molecule has 1 aliphatic heterocycles. The van der Waals surface area contributed by atoms with Gasteiger partial charge in [-0.2, -0.15) is 13.2 Å². The van der Waals surface area contributed by atoms with Gasteiger partial charge in [-0.1, -0.05) is 27.7 Å². The number of hydrogen-bond acceptors (Lipinski definition) is 3. The van der Waals surface area contributed by atoms with Crippen molar-refractivity contribution in [2.24, 2.45) is 5.92 Å². The lowest BCUT2D eigenvalue weighted by molar-refractivity contribution is -0.137. The predicted octanol–water partition coefficient (Wildman–Crippen LogP) is 4.10. The van der Waals surface area contributed by atoms with Crippen LogP contribution in [0.2, 0.25) is 0 Å². The minimum atomic E-state index is -4.53. The SMILES string of the molecule is CC(=O)SCC1CC(=O)N(c2cc(Br)ccc2C(F)(F)F)C1. The van der Waals surface area contributed by atoms with Gasteiger partial charge in [0.05, 0.1) is 11.3 Å². The Morgan fingerprint density at radius 3 is 2.73 bits per heavy atom. The number of carbonyl (C=O) groups is 2. The molecule has 22 heavy (non-hydrogen) atoms. The molecule has 0 spiro atoms. The van der Waals surface area contributed by atoms with Gasteiger partial charge in [-0.15, -0.1) is 0 Å². The van der Waals surface area contributed by atoms with E-state index in [4.69, 9.17) is 0 Å². The van der Waals surface area contributed by atoms with Gasteiger partial charge in [-0.3, -0.25) is 9.59 Å². The zero-order valence-electron chi connectivity index (χ0n) is 11.6. The number of benzene rings is 1. The van der Waals surface area contributed by atoms with Crippen LogP contribution in [0.5, 0.6) is 0 Å². The molecule has 0 saturated carbocycles. The Morgan fingerprint density at radius 2 is 2.14 bits per heavy atom. The highest BCUT2D eigenvalue weighted by atomic mass is 79.9. The summed E-state index contributed by atoms with van der Waals surface area (Å²) in [5.41, 5.74) is -0.967. The molecule has 0 aromatic heterocycles. The van der Waals surface area contributed by atoms with Gasteiger partial charge in [0.15, 0.2) is 5.12 Å². The summed E-state index contributed by atoms with van der Waals surface area (Å²) in [7, 11) is 0. The second kappa shape index (κ2) is 6.62. The number of hydrogen-bond donors (Lipinski definition) is 0. The minimum absolute atomic E-state index is 0.0654. The van der Waals surface area contributed by atoms with Crippen molar-refractivity contribution in [3.05, 3.63) is 28.2 Å². The molecule has 1 amide bonds. The number of carbonyl (C=O) groups excluding carboxylic acids is 2. The Balaban J connectivity index is 2.26. The highest BCUT2D eigenvalue weighted by Crippen LogP contribution is 2.40. The van der Waals surface area contributed by atoms with Crippen LogP contribution in [0.3, 0.4) is 0 Å². The molecule has 1 saturated heterocycles. The first-order valence-electron chi connectivity index (χ1n) is 6.49. The van der Waals surface area contributed by atoms with Crippen molar-refractivity contribution in [3.63, 3.8) is 0 Å². The Labute approximate surface area is 138 Å². The maximum atomic E-state index is 13.1. The molecule has 8 heteroatoms. The van der Waals surface area contributed by atoms with Crippen LogP contribution in [0.15, 0.2) is 22.7 Å². The van der Waals surface area contributed by atoms with Crippen molar-refractivity contribution in [3.8, 4) is 0 Å². The number of nitrogens with zero attached hydrogens (tertiary/aromatic N) is 1. The molecule has 3 nitrogen and oxygen atoms in total. The molecule has 1 fully saturated rings. The third kappa shape index (κ3) is 4.04. The number of amides is 1. The molecule has 0 radical (unpaired) electrons. The van der Waals surface area contributed by atoms with E-state index in [1.54, 1.807) is 0 Å². The van der Waals surface area contributed by atoms with Crippen LogP contribution in [0.25, 0.3) is 0 Å². The van der Waals surface area contributed by atoms with Crippen LogP contribution in [0.1, 0.15) is 18.9 Å². The van der Waals surface area contributed by atoms with E-state index >= 15 is 0 Å². The van der Waals surface area contributed by atoms with Crippen LogP contribution in [0.4, 0.5) is 18.9 Å². The molecule has 1 heterocycles. The van der Waals surface area contributed by atoms with Gasteiger partial charge in [0.2, 0.25) is 5.91 Å². The Morgan fingerprint density at radius 1 is 1.45 bits per heavy atom. The Kier molecular flexibility index (Phi) is 5.21. The second-order valence-electron chi connectivity index (χ2n) is 5.04. The maximum Gasteiger partial charge on any atom is 0.418 e. The summed E-state index contributed by atoms with van der Waals surface area (Å²) in [5, 5.41) is -0.0654. The number of alkyl halides is 3. The maximum absolute atomic E-state index is 13.1. The lowest BCUT2D eigenvalue weighted by atomic mass is 10.1. The third-order valence-electron chi connectivity index (χ3n) is 3.28. The normalized spacial score (nSPS) is 18.9. The number of thioether (sulfide) groups is 1. The lowest BCUT2D eigenvalue weighted by Gasteiger charge is -2.22. The quantitative estimate of drug-likeness (QED) is 0.772. The van der Waals surface area contributed by atoms with E-state index in [9.17, 15) is 22.8 Å². The molecule has 1 aliphatic rings. The van der Waals surface area contributed by atoms with Gasteiger partial charge in [-0.25, -0.2) is 0 Å². The summed E-state index contributed by atoms with van der Waals surface area (Å²) < 4.78 is 39.8. The fourth-order valence-electron chi connectivity index (χ4n) is 2.33. The minimum Gasteiger partial charge on any atom is -0.311 e. The second-order valence-corrected chi connectivity index (χ2v) is 7.15. The molecule has 1 atom stereocenters. The average Bonchev–Trinajstić information content (AvgIpc) is 2.76. The first-order valence-corrected chi connectivity index (χ1v) is 8.27. The number of anilines is 1. The van der Waals surface area contributed by atoms with Gasteiger partial charge in [-0.05, 0) is 24.1 Å². The van der Waals surface area contributed by atoms with E-state index in [1.807, 2.05) is 0 Å². The zero-order chi connectivity index (χ0) is 16.5. The monoisotopic (exact) mass is 395 g/mol. The highest BCUT2D eigenvalue weighted by Gasteiger charge is 2.39. The van der Waals surface area contributed by atoms with Gasteiger partial charge in [0.1, 0.15) is 0 Å². The predicted molar refractivity (Wildman–Crippen MR) is 82.7 cm³/mol. The molecule has 0 bridgehead atoms. The van der Waals surface area contributed by atoms with E-state index in [2.05, 4.69) is 15.9 Å². The van der Waals surface area contributed by atoms with Crippen molar-refractivity contribution >= 4 is 44.4 Å². The average molecular weight is 396 g/mol. The summed E-state index contributed by atoms with van der Waals surface area (Å²) in [6.07, 6.45) is -4.37. The van der Waals surface area contributed by atoms with Crippen molar-refractivity contribution in [2.45, 2.75) is 19.5 Å². The molecule has 1 unspecified atom stereocenters. The van der Waals surface area contributed by atoms with E-state index in [-0.39, 0.29) is 35.6 Å². The summed E-state index contributed by atoms with van der Waals surface area (Å²) in [6, 6.07) is 3.57. The van der Waals surface area contributed by atoms with E-state index in [0.29, 0.717) is 10.2 Å². The largest absolute Gasteiger partial charge is 0.418 e. The summed E-state index contributed by atoms with van der Waals surface area (Å²) in [4.78, 5) is 24.2. The van der Waals surface area contributed by atoms with E-state index in [0.717, 1.165) is 17.8 Å². The fraction of sp³-hybridized carbons (Fsp3) is 0.429. The van der Waals surface area contributed by atoms with Crippen molar-refractivity contribution in [1.82, 2.24) is 0 Å². The van der Waals surface area contributed by atoms with Crippen molar-refractivity contribution in [2.75, 3.05) is 17.2 Å². The van der Waals surface area contributed by atoms with Gasteiger partial charge in [0.25, 0.3) is 0 Å². The van der Waals surface area contributed by atoms with E-state index in [1.165, 1.54) is 24.0 Å². The molecular weight excluding hydrogens is 383 g/mol. The standard InChI is InChI=1S/C14H13BrF3NO2S/c1-8(20)22-7-9-4-13(21)19(6-9)12-5-10(15)2-3-11(12)14(16,17)18/h2-3,5,9H,4,6-7H2,1H3. The Hall–Kier alpha value is -1.02. The first kappa shape index (κ1) is 17.3. The van der Waals surface area contributed by atoms with E-state index < -0.39 is 11.7 Å². The van der Waals surface area contributed by atoms with Gasteiger partial charge in [0, 0.05) is 30.1 Å². The third-order valence-corrected chi connectivity index (χ3v) is 4.82. The summed E-state index contributed by atoms with van der Waals surface area (Å²) in [5.74, 6) is -0.0355. The number of halogens is 4. The molecular formula is C14H13BrF3NO2S. The molecule has 120 valence electrons. The van der Waals surface area contributed by atoms with Crippen LogP contribution >= 0.6 is 27.7 Å². The van der Waals surface area contributed by atoms with Crippen molar-refractivity contribution < 1.29 is 22.8 Å². The number of rotatable bonds is 3. The van der Waals surface area contributed by atoms with Crippen LogP contribution in [-0.4, -0.2) is 23.3 Å². The zero-order valence-corrected chi connectivity index (χ0v) is 14.0. The highest BCUT2D eigenvalue weighted by molar-refractivity contribution is 9.10. The van der Waals surface area contributed by atoms with Crippen LogP contribution in [-0.2, 0) is 15.8 Å². The summed E-state index contributed by atoms with van der Waals surface area (Å²) >= 11 is 4.23. The smallest absolute Gasteiger partial charge is 0.311 e. The molecule has 0 N–H and O–H groups in total. The molecule has 0 aliphatic carbocycles. The van der Waals surface area contributed by atoms with Gasteiger partial charge >= 0.3 is 6.18 Å². The van der Waals surface area contributed by atoms with Crippen LogP contribution in [0, 0.1) is 5.92 Å². The molecule has 2 rings (SSSR count). The Bertz CT molecular complexity index is 606. The first-order chi connectivity index (χ1) is 10.2. The topological polar surface area (TPSA) is 37.4 Å².